The lowest BCUT2D eigenvalue weighted by atomic mass is 10.4. The Bertz CT molecular complexity index is 287. The van der Waals surface area contributed by atoms with Crippen molar-refractivity contribution in [2.45, 2.75) is 26.3 Å². The minimum absolute atomic E-state index is 0.179. The van der Waals surface area contributed by atoms with Gasteiger partial charge in [-0.25, -0.2) is 13.1 Å². The third-order valence-corrected chi connectivity index (χ3v) is 3.04. The normalized spacial score (nSPS) is 13.5. The molecule has 1 atom stereocenters. The molecule has 0 amide bonds. The number of esters is 1. The zero-order valence-electron chi connectivity index (χ0n) is 8.89. The topological polar surface area (TPSA) is 92.7 Å². The van der Waals surface area contributed by atoms with Crippen LogP contribution in [-0.2, 0) is 19.6 Å². The number of aliphatic hydroxyl groups is 1. The Kier molecular flexibility index (Phi) is 6.46. The summed E-state index contributed by atoms with van der Waals surface area (Å²) >= 11 is 0. The molecule has 2 N–H and O–H groups in total. The van der Waals surface area contributed by atoms with Gasteiger partial charge in [-0.15, -0.1) is 0 Å². The molecule has 0 spiro atoms. The fraction of sp³-hybridized carbons (Fsp3) is 0.875. The molecular weight excluding hydrogens is 222 g/mol. The van der Waals surface area contributed by atoms with Crippen LogP contribution in [-0.4, -0.2) is 44.5 Å². The number of sulfonamides is 1. The molecule has 0 aromatic rings. The average molecular weight is 239 g/mol. The number of rotatable bonds is 7. The molecule has 0 aromatic carbocycles. The van der Waals surface area contributed by atoms with Crippen LogP contribution >= 0.6 is 0 Å². The van der Waals surface area contributed by atoms with E-state index in [2.05, 4.69) is 9.46 Å². The van der Waals surface area contributed by atoms with Gasteiger partial charge in [-0.3, -0.25) is 4.79 Å². The number of hydrogen-bond acceptors (Lipinski definition) is 5. The van der Waals surface area contributed by atoms with E-state index in [9.17, 15) is 13.2 Å². The Labute approximate surface area is 89.7 Å². The van der Waals surface area contributed by atoms with E-state index in [0.717, 1.165) is 0 Å². The first kappa shape index (κ1) is 14.3. The van der Waals surface area contributed by atoms with E-state index in [1.54, 1.807) is 6.92 Å². The summed E-state index contributed by atoms with van der Waals surface area (Å²) in [7, 11) is -3.52. The molecule has 0 fully saturated rings. The number of nitrogens with one attached hydrogen (secondary N) is 1. The molecule has 0 rings (SSSR count). The molecule has 0 bridgehead atoms. The van der Waals surface area contributed by atoms with Crippen molar-refractivity contribution in [1.82, 2.24) is 4.72 Å². The second-order valence-corrected chi connectivity index (χ2v) is 4.95. The first-order chi connectivity index (χ1) is 6.91. The molecule has 7 heteroatoms. The number of aliphatic hydroxyl groups excluding tert-OH is 1. The number of carbonyl (C=O) groups is 1. The Morgan fingerprint density at radius 2 is 2.13 bits per heavy atom. The summed E-state index contributed by atoms with van der Waals surface area (Å²) in [6.45, 7) is 3.14. The summed E-state index contributed by atoms with van der Waals surface area (Å²) in [6.07, 6.45) is -0.179. The van der Waals surface area contributed by atoms with Crippen LogP contribution in [0.4, 0.5) is 0 Å². The van der Waals surface area contributed by atoms with Crippen molar-refractivity contribution in [1.29, 1.82) is 0 Å². The van der Waals surface area contributed by atoms with Gasteiger partial charge in [0.15, 0.2) is 0 Å². The molecule has 0 aliphatic rings. The first-order valence-corrected chi connectivity index (χ1v) is 6.33. The molecule has 0 unspecified atom stereocenters. The van der Waals surface area contributed by atoms with E-state index < -0.39 is 22.0 Å². The maximum Gasteiger partial charge on any atom is 0.306 e. The van der Waals surface area contributed by atoms with E-state index >= 15 is 0 Å². The highest BCUT2D eigenvalue weighted by atomic mass is 32.2. The lowest BCUT2D eigenvalue weighted by Crippen LogP contribution is -2.37. The monoisotopic (exact) mass is 239 g/mol. The van der Waals surface area contributed by atoms with Crippen LogP contribution in [0.1, 0.15) is 20.3 Å². The quantitative estimate of drug-likeness (QED) is 0.570. The second kappa shape index (κ2) is 6.76. The van der Waals surface area contributed by atoms with Crippen molar-refractivity contribution in [2.24, 2.45) is 0 Å². The van der Waals surface area contributed by atoms with Gasteiger partial charge in [-0.05, 0) is 13.8 Å². The zero-order chi connectivity index (χ0) is 11.9. The van der Waals surface area contributed by atoms with Crippen molar-refractivity contribution in [3.63, 3.8) is 0 Å². The molecule has 0 saturated carbocycles. The highest BCUT2D eigenvalue weighted by Crippen LogP contribution is 1.94. The van der Waals surface area contributed by atoms with Crippen LogP contribution < -0.4 is 4.72 Å². The van der Waals surface area contributed by atoms with Crippen LogP contribution in [0, 0.1) is 0 Å². The Balaban J connectivity index is 3.99. The average Bonchev–Trinajstić information content (AvgIpc) is 2.15. The molecule has 90 valence electrons. The number of ether oxygens (including phenoxy) is 1. The van der Waals surface area contributed by atoms with Crippen molar-refractivity contribution < 1.29 is 23.1 Å². The fourth-order valence-corrected chi connectivity index (χ4v) is 2.09. The van der Waals surface area contributed by atoms with E-state index in [1.165, 1.54) is 6.92 Å². The van der Waals surface area contributed by atoms with Crippen LogP contribution in [0.5, 0.6) is 0 Å². The third-order valence-electron chi connectivity index (χ3n) is 1.53. The smallest absolute Gasteiger partial charge is 0.306 e. The van der Waals surface area contributed by atoms with Gasteiger partial charge >= 0.3 is 5.97 Å². The van der Waals surface area contributed by atoms with E-state index in [-0.39, 0.29) is 25.4 Å². The van der Waals surface area contributed by atoms with Gasteiger partial charge in [0.25, 0.3) is 0 Å². The van der Waals surface area contributed by atoms with Crippen molar-refractivity contribution in [2.75, 3.05) is 19.0 Å². The lowest BCUT2D eigenvalue weighted by molar-refractivity contribution is -0.142. The number of carbonyl (C=O) groups excluding carboxylic acids is 1. The molecular formula is C8H17NO5S. The molecule has 0 radical (unpaired) electrons. The van der Waals surface area contributed by atoms with Crippen LogP contribution in [0.25, 0.3) is 0 Å². The Hall–Kier alpha value is -0.660. The van der Waals surface area contributed by atoms with Crippen molar-refractivity contribution in [3.8, 4) is 0 Å². The van der Waals surface area contributed by atoms with Crippen LogP contribution in [0.3, 0.4) is 0 Å². The van der Waals surface area contributed by atoms with Gasteiger partial charge in [0.2, 0.25) is 10.0 Å². The van der Waals surface area contributed by atoms with Gasteiger partial charge in [0.05, 0.1) is 25.4 Å². The molecule has 15 heavy (non-hydrogen) atoms. The summed E-state index contributed by atoms with van der Waals surface area (Å²) in [5.41, 5.74) is 0. The molecule has 0 aromatic heterocycles. The maximum absolute atomic E-state index is 11.3. The van der Waals surface area contributed by atoms with E-state index in [0.29, 0.717) is 0 Å². The third kappa shape index (κ3) is 7.29. The minimum atomic E-state index is -3.52. The second-order valence-electron chi connectivity index (χ2n) is 3.08. The fourth-order valence-electron chi connectivity index (χ4n) is 0.854. The van der Waals surface area contributed by atoms with Gasteiger partial charge in [-0.2, -0.15) is 0 Å². The summed E-state index contributed by atoms with van der Waals surface area (Å²) in [4.78, 5) is 10.9. The van der Waals surface area contributed by atoms with E-state index in [1.807, 2.05) is 0 Å². The molecule has 0 heterocycles. The molecule has 0 aliphatic carbocycles. The summed E-state index contributed by atoms with van der Waals surface area (Å²) in [5, 5.41) is 8.64. The summed E-state index contributed by atoms with van der Waals surface area (Å²) < 4.78 is 29.4. The van der Waals surface area contributed by atoms with Crippen LogP contribution in [0.15, 0.2) is 0 Å². The lowest BCUT2D eigenvalue weighted by Gasteiger charge is -2.10. The summed E-state index contributed by atoms with van der Waals surface area (Å²) in [5.74, 6) is -0.865. The first-order valence-electron chi connectivity index (χ1n) is 4.67. The van der Waals surface area contributed by atoms with Crippen molar-refractivity contribution in [3.05, 3.63) is 0 Å². The van der Waals surface area contributed by atoms with Gasteiger partial charge in [0, 0.05) is 6.04 Å². The highest BCUT2D eigenvalue weighted by Gasteiger charge is 2.16. The van der Waals surface area contributed by atoms with Crippen LogP contribution in [0.2, 0.25) is 0 Å². The van der Waals surface area contributed by atoms with Crippen molar-refractivity contribution >= 4 is 16.0 Å². The summed E-state index contributed by atoms with van der Waals surface area (Å²) in [6, 6.07) is -0.544. The molecule has 6 nitrogen and oxygen atoms in total. The minimum Gasteiger partial charge on any atom is -0.466 e. The SMILES string of the molecule is CCOC(=O)CCS(=O)(=O)N[C@H](C)CO. The van der Waals surface area contributed by atoms with Gasteiger partial charge < -0.3 is 9.84 Å². The largest absolute Gasteiger partial charge is 0.466 e. The van der Waals surface area contributed by atoms with Gasteiger partial charge in [-0.1, -0.05) is 0 Å². The maximum atomic E-state index is 11.3. The zero-order valence-corrected chi connectivity index (χ0v) is 9.71. The standard InChI is InChI=1S/C8H17NO5S/c1-3-14-8(11)4-5-15(12,13)9-7(2)6-10/h7,9-10H,3-6H2,1-2H3/t7-/m1/s1. The van der Waals surface area contributed by atoms with Gasteiger partial charge in [0.1, 0.15) is 0 Å². The Morgan fingerprint density at radius 3 is 2.60 bits per heavy atom. The molecule has 0 saturated heterocycles. The Morgan fingerprint density at radius 1 is 1.53 bits per heavy atom. The molecule has 0 aliphatic heterocycles. The highest BCUT2D eigenvalue weighted by molar-refractivity contribution is 7.89. The predicted molar refractivity (Wildman–Crippen MR) is 54.7 cm³/mol. The van der Waals surface area contributed by atoms with E-state index in [4.69, 9.17) is 5.11 Å². The predicted octanol–water partition coefficient (Wildman–Crippen LogP) is -0.760. The number of hydrogen-bond donors (Lipinski definition) is 2.